The van der Waals surface area contributed by atoms with Gasteiger partial charge in [0.1, 0.15) is 0 Å². The number of piperazine rings is 1. The van der Waals surface area contributed by atoms with Gasteiger partial charge in [0.15, 0.2) is 0 Å². The van der Waals surface area contributed by atoms with Crippen LogP contribution in [0.4, 0.5) is 5.69 Å². The van der Waals surface area contributed by atoms with Crippen molar-refractivity contribution in [1.82, 2.24) is 4.90 Å². The van der Waals surface area contributed by atoms with E-state index in [1.54, 1.807) is 0 Å². The lowest BCUT2D eigenvalue weighted by molar-refractivity contribution is 0.121. The van der Waals surface area contributed by atoms with Gasteiger partial charge in [0.2, 0.25) is 0 Å². The first kappa shape index (κ1) is 13.4. The third-order valence-corrected chi connectivity index (χ3v) is 4.00. The summed E-state index contributed by atoms with van der Waals surface area (Å²) in [6.45, 7) is 8.68. The van der Waals surface area contributed by atoms with E-state index in [-0.39, 0.29) is 12.6 Å². The lowest BCUT2D eigenvalue weighted by Crippen LogP contribution is -2.57. The summed E-state index contributed by atoms with van der Waals surface area (Å²) in [6, 6.07) is 7.32. The van der Waals surface area contributed by atoms with Crippen molar-refractivity contribution in [3.8, 4) is 0 Å². The topological polar surface area (TPSA) is 26.7 Å². The zero-order valence-electron chi connectivity index (χ0n) is 11.8. The summed E-state index contributed by atoms with van der Waals surface area (Å²) >= 11 is 0. The van der Waals surface area contributed by atoms with E-state index in [0.29, 0.717) is 6.04 Å². The Kier molecular flexibility index (Phi) is 3.93. The minimum absolute atomic E-state index is 0.227. The first-order chi connectivity index (χ1) is 8.52. The SMILES string of the molecule is Cc1ccc(C)c(N2CC(CO)N(C)CC2C)c1. The van der Waals surface area contributed by atoms with Crippen molar-refractivity contribution >= 4 is 5.69 Å². The zero-order chi connectivity index (χ0) is 13.3. The van der Waals surface area contributed by atoms with Gasteiger partial charge in [-0.05, 0) is 45.0 Å². The highest BCUT2D eigenvalue weighted by Crippen LogP contribution is 2.26. The molecule has 3 heteroatoms. The molecule has 0 saturated carbocycles. The van der Waals surface area contributed by atoms with Gasteiger partial charge in [-0.25, -0.2) is 0 Å². The molecule has 1 N–H and O–H groups in total. The highest BCUT2D eigenvalue weighted by molar-refractivity contribution is 5.56. The largest absolute Gasteiger partial charge is 0.395 e. The van der Waals surface area contributed by atoms with Crippen LogP contribution in [0.1, 0.15) is 18.1 Å². The Labute approximate surface area is 110 Å². The van der Waals surface area contributed by atoms with E-state index in [2.05, 4.69) is 55.8 Å². The molecule has 0 amide bonds. The molecule has 1 aliphatic heterocycles. The Morgan fingerprint density at radius 2 is 2.00 bits per heavy atom. The molecule has 1 heterocycles. The molecule has 2 atom stereocenters. The molecule has 2 unspecified atom stereocenters. The monoisotopic (exact) mass is 248 g/mol. The molecule has 100 valence electrons. The summed E-state index contributed by atoms with van der Waals surface area (Å²) < 4.78 is 0. The van der Waals surface area contributed by atoms with Gasteiger partial charge in [-0.1, -0.05) is 12.1 Å². The summed E-state index contributed by atoms with van der Waals surface area (Å²) in [5, 5.41) is 9.47. The highest BCUT2D eigenvalue weighted by atomic mass is 16.3. The molecule has 0 aromatic heterocycles. The van der Waals surface area contributed by atoms with Crippen LogP contribution >= 0.6 is 0 Å². The number of hydrogen-bond donors (Lipinski definition) is 1. The van der Waals surface area contributed by atoms with E-state index in [1.807, 2.05) is 0 Å². The number of rotatable bonds is 2. The van der Waals surface area contributed by atoms with Gasteiger partial charge in [0.05, 0.1) is 12.6 Å². The van der Waals surface area contributed by atoms with E-state index >= 15 is 0 Å². The van der Waals surface area contributed by atoms with Crippen LogP contribution in [0, 0.1) is 13.8 Å². The maximum absolute atomic E-state index is 9.47. The Morgan fingerprint density at radius 1 is 1.28 bits per heavy atom. The zero-order valence-corrected chi connectivity index (χ0v) is 11.8. The second-order valence-electron chi connectivity index (χ2n) is 5.57. The molecular weight excluding hydrogens is 224 g/mol. The van der Waals surface area contributed by atoms with Crippen molar-refractivity contribution in [3.05, 3.63) is 29.3 Å². The van der Waals surface area contributed by atoms with E-state index in [0.717, 1.165) is 13.1 Å². The Bertz CT molecular complexity index is 419. The van der Waals surface area contributed by atoms with Crippen LogP contribution in [0.2, 0.25) is 0 Å². The highest BCUT2D eigenvalue weighted by Gasteiger charge is 2.29. The fourth-order valence-corrected chi connectivity index (χ4v) is 2.77. The van der Waals surface area contributed by atoms with Gasteiger partial charge < -0.3 is 10.0 Å². The Hall–Kier alpha value is -1.06. The fraction of sp³-hybridized carbons (Fsp3) is 0.600. The fourth-order valence-electron chi connectivity index (χ4n) is 2.77. The van der Waals surface area contributed by atoms with Crippen molar-refractivity contribution in [3.63, 3.8) is 0 Å². The van der Waals surface area contributed by atoms with Gasteiger partial charge in [0.25, 0.3) is 0 Å². The average Bonchev–Trinajstić information content (AvgIpc) is 2.33. The van der Waals surface area contributed by atoms with Crippen LogP contribution in [-0.4, -0.2) is 48.8 Å². The standard InChI is InChI=1S/C15H24N2O/c1-11-5-6-12(2)15(7-11)17-9-14(10-18)16(4)8-13(17)3/h5-7,13-14,18H,8-10H2,1-4H3. The molecule has 1 aliphatic rings. The number of nitrogens with zero attached hydrogens (tertiary/aromatic N) is 2. The minimum Gasteiger partial charge on any atom is -0.395 e. The van der Waals surface area contributed by atoms with Crippen LogP contribution < -0.4 is 4.90 Å². The van der Waals surface area contributed by atoms with E-state index in [1.165, 1.54) is 16.8 Å². The number of anilines is 1. The number of hydrogen-bond acceptors (Lipinski definition) is 3. The lowest BCUT2D eigenvalue weighted by Gasteiger charge is -2.45. The van der Waals surface area contributed by atoms with Crippen molar-refractivity contribution in [2.45, 2.75) is 32.9 Å². The third kappa shape index (κ3) is 2.52. The first-order valence-corrected chi connectivity index (χ1v) is 6.68. The molecule has 1 aromatic rings. The molecule has 0 bridgehead atoms. The maximum atomic E-state index is 9.47. The van der Waals surface area contributed by atoms with Gasteiger partial charge in [0, 0.05) is 24.8 Å². The predicted octanol–water partition coefficient (Wildman–Crippen LogP) is 1.80. The predicted molar refractivity (Wildman–Crippen MR) is 76.2 cm³/mol. The van der Waals surface area contributed by atoms with Crippen LogP contribution in [0.3, 0.4) is 0 Å². The second-order valence-corrected chi connectivity index (χ2v) is 5.57. The van der Waals surface area contributed by atoms with Gasteiger partial charge in [-0.2, -0.15) is 0 Å². The molecule has 2 rings (SSSR count). The first-order valence-electron chi connectivity index (χ1n) is 6.68. The van der Waals surface area contributed by atoms with Crippen LogP contribution in [0.15, 0.2) is 18.2 Å². The normalized spacial score (nSPS) is 25.5. The molecule has 18 heavy (non-hydrogen) atoms. The maximum Gasteiger partial charge on any atom is 0.0604 e. The summed E-state index contributed by atoms with van der Waals surface area (Å²) in [7, 11) is 2.10. The third-order valence-electron chi connectivity index (χ3n) is 4.00. The molecule has 3 nitrogen and oxygen atoms in total. The number of aliphatic hydroxyl groups excluding tert-OH is 1. The van der Waals surface area contributed by atoms with Crippen molar-refractivity contribution in [2.75, 3.05) is 31.6 Å². The van der Waals surface area contributed by atoms with E-state index in [9.17, 15) is 5.11 Å². The molecule has 0 spiro atoms. The summed E-state index contributed by atoms with van der Waals surface area (Å²) in [5.41, 5.74) is 3.92. The van der Waals surface area contributed by atoms with Crippen LogP contribution in [0.25, 0.3) is 0 Å². The van der Waals surface area contributed by atoms with Crippen molar-refractivity contribution in [2.24, 2.45) is 0 Å². The van der Waals surface area contributed by atoms with Gasteiger partial charge >= 0.3 is 0 Å². The van der Waals surface area contributed by atoms with Crippen LogP contribution in [-0.2, 0) is 0 Å². The van der Waals surface area contributed by atoms with Gasteiger partial charge in [-0.3, -0.25) is 4.90 Å². The lowest BCUT2D eigenvalue weighted by atomic mass is 10.0. The molecular formula is C15H24N2O. The quantitative estimate of drug-likeness (QED) is 0.864. The summed E-state index contributed by atoms with van der Waals surface area (Å²) in [5.74, 6) is 0. The van der Waals surface area contributed by atoms with E-state index in [4.69, 9.17) is 0 Å². The number of likely N-dealkylation sites (N-methyl/N-ethyl adjacent to an activating group) is 1. The van der Waals surface area contributed by atoms with Gasteiger partial charge in [-0.15, -0.1) is 0 Å². The second kappa shape index (κ2) is 5.29. The summed E-state index contributed by atoms with van der Waals surface area (Å²) in [4.78, 5) is 4.69. The minimum atomic E-state index is 0.227. The molecule has 1 saturated heterocycles. The number of aryl methyl sites for hydroxylation is 2. The average molecular weight is 248 g/mol. The summed E-state index contributed by atoms with van der Waals surface area (Å²) in [6.07, 6.45) is 0. The smallest absolute Gasteiger partial charge is 0.0604 e. The molecule has 0 aliphatic carbocycles. The molecule has 1 fully saturated rings. The van der Waals surface area contributed by atoms with Crippen LogP contribution in [0.5, 0.6) is 0 Å². The van der Waals surface area contributed by atoms with Crippen molar-refractivity contribution < 1.29 is 5.11 Å². The molecule has 0 radical (unpaired) electrons. The Balaban J connectivity index is 2.28. The Morgan fingerprint density at radius 3 is 2.67 bits per heavy atom. The van der Waals surface area contributed by atoms with Crippen molar-refractivity contribution in [1.29, 1.82) is 0 Å². The number of benzene rings is 1. The van der Waals surface area contributed by atoms with E-state index < -0.39 is 0 Å². The number of aliphatic hydroxyl groups is 1. The molecule has 1 aromatic carbocycles.